The van der Waals surface area contributed by atoms with Gasteiger partial charge in [-0.2, -0.15) is 0 Å². The Morgan fingerprint density at radius 1 is 1.31 bits per heavy atom. The van der Waals surface area contributed by atoms with Crippen molar-refractivity contribution in [3.63, 3.8) is 0 Å². The molecule has 0 aliphatic rings. The molecule has 13 heavy (non-hydrogen) atoms. The minimum atomic E-state index is -0.452. The number of alkyl halides is 1. The molecule has 1 atom stereocenters. The zero-order chi connectivity index (χ0) is 10.1. The first-order chi connectivity index (χ1) is 6.22. The van der Waals surface area contributed by atoms with Crippen molar-refractivity contribution in [2.24, 2.45) is 0 Å². The van der Waals surface area contributed by atoms with Gasteiger partial charge in [-0.05, 0) is 6.42 Å². The molecule has 0 fully saturated rings. The lowest BCUT2D eigenvalue weighted by atomic mass is 10.1. The Balaban J connectivity index is 3.26. The quantitative estimate of drug-likeness (QED) is 0.364. The molecule has 78 valence electrons. The topological polar surface area (TPSA) is 26.3 Å². The Labute approximate surface area is 85.6 Å². The van der Waals surface area contributed by atoms with Gasteiger partial charge in [-0.3, -0.25) is 4.79 Å². The summed E-state index contributed by atoms with van der Waals surface area (Å²) in [6, 6.07) is 0. The van der Waals surface area contributed by atoms with Gasteiger partial charge in [-0.15, -0.1) is 11.6 Å². The molecule has 0 saturated heterocycles. The number of esters is 1. The molecule has 2 nitrogen and oxygen atoms in total. The van der Waals surface area contributed by atoms with Crippen molar-refractivity contribution in [3.05, 3.63) is 0 Å². The minimum Gasteiger partial charge on any atom is -0.468 e. The van der Waals surface area contributed by atoms with Crippen molar-refractivity contribution in [2.75, 3.05) is 7.11 Å². The average molecular weight is 207 g/mol. The normalized spacial score (nSPS) is 12.5. The molecule has 0 bridgehead atoms. The average Bonchev–Trinajstić information content (AvgIpc) is 2.16. The number of rotatable bonds is 7. The van der Waals surface area contributed by atoms with E-state index in [-0.39, 0.29) is 5.97 Å². The Morgan fingerprint density at radius 3 is 2.46 bits per heavy atom. The number of hydrogen-bond acceptors (Lipinski definition) is 2. The summed E-state index contributed by atoms with van der Waals surface area (Å²) in [7, 11) is 1.37. The third-order valence-electron chi connectivity index (χ3n) is 2.02. The van der Waals surface area contributed by atoms with Crippen molar-refractivity contribution in [1.29, 1.82) is 0 Å². The summed E-state index contributed by atoms with van der Waals surface area (Å²) in [5, 5.41) is -0.452. The SMILES string of the molecule is CCCCCCC[C@H](Cl)C(=O)OC. The first kappa shape index (κ1) is 12.8. The van der Waals surface area contributed by atoms with E-state index in [9.17, 15) is 4.79 Å². The van der Waals surface area contributed by atoms with E-state index in [1.165, 1.54) is 26.4 Å². The number of unbranched alkanes of at least 4 members (excludes halogenated alkanes) is 4. The van der Waals surface area contributed by atoms with E-state index in [1.54, 1.807) is 0 Å². The van der Waals surface area contributed by atoms with Gasteiger partial charge in [0.15, 0.2) is 0 Å². The lowest BCUT2D eigenvalue weighted by Crippen LogP contribution is -2.15. The number of hydrogen-bond donors (Lipinski definition) is 0. The van der Waals surface area contributed by atoms with Gasteiger partial charge in [0.2, 0.25) is 0 Å². The molecular weight excluding hydrogens is 188 g/mol. The van der Waals surface area contributed by atoms with Gasteiger partial charge >= 0.3 is 5.97 Å². The van der Waals surface area contributed by atoms with Gasteiger partial charge in [0.1, 0.15) is 5.38 Å². The van der Waals surface area contributed by atoms with Gasteiger partial charge in [0.05, 0.1) is 7.11 Å². The molecule has 0 aromatic heterocycles. The maximum atomic E-state index is 10.9. The molecule has 0 N–H and O–H groups in total. The lowest BCUT2D eigenvalue weighted by molar-refractivity contribution is -0.140. The first-order valence-electron chi connectivity index (χ1n) is 4.94. The van der Waals surface area contributed by atoms with Crippen LogP contribution in [0.25, 0.3) is 0 Å². The predicted molar refractivity (Wildman–Crippen MR) is 55.0 cm³/mol. The molecule has 0 amide bonds. The second-order valence-electron chi connectivity index (χ2n) is 3.19. The monoisotopic (exact) mass is 206 g/mol. The molecule has 0 saturated carbocycles. The fraction of sp³-hybridized carbons (Fsp3) is 0.900. The van der Waals surface area contributed by atoms with Crippen LogP contribution in [0.5, 0.6) is 0 Å². The van der Waals surface area contributed by atoms with E-state index in [4.69, 9.17) is 11.6 Å². The lowest BCUT2D eigenvalue weighted by Gasteiger charge is -2.06. The molecule has 0 aliphatic heterocycles. The minimum absolute atomic E-state index is 0.308. The Kier molecular flexibility index (Phi) is 8.21. The van der Waals surface area contributed by atoms with Crippen molar-refractivity contribution in [3.8, 4) is 0 Å². The summed E-state index contributed by atoms with van der Waals surface area (Å²) < 4.78 is 4.52. The van der Waals surface area contributed by atoms with Crippen LogP contribution in [0.4, 0.5) is 0 Å². The van der Waals surface area contributed by atoms with Crippen LogP contribution in [0, 0.1) is 0 Å². The van der Waals surface area contributed by atoms with Crippen LogP contribution in [0.15, 0.2) is 0 Å². The zero-order valence-electron chi connectivity index (χ0n) is 8.51. The second kappa shape index (κ2) is 8.36. The highest BCUT2D eigenvalue weighted by Crippen LogP contribution is 2.11. The summed E-state index contributed by atoms with van der Waals surface area (Å²) in [4.78, 5) is 10.9. The molecule has 0 rings (SSSR count). The van der Waals surface area contributed by atoms with Crippen molar-refractivity contribution in [2.45, 2.75) is 50.8 Å². The highest BCUT2D eigenvalue weighted by atomic mass is 35.5. The van der Waals surface area contributed by atoms with Crippen LogP contribution in [0.3, 0.4) is 0 Å². The Hall–Kier alpha value is -0.240. The van der Waals surface area contributed by atoms with Crippen LogP contribution in [0.2, 0.25) is 0 Å². The second-order valence-corrected chi connectivity index (χ2v) is 3.72. The molecule has 0 aromatic rings. The van der Waals surface area contributed by atoms with E-state index >= 15 is 0 Å². The van der Waals surface area contributed by atoms with Gasteiger partial charge in [-0.25, -0.2) is 0 Å². The van der Waals surface area contributed by atoms with Gasteiger partial charge < -0.3 is 4.74 Å². The number of carbonyl (C=O) groups excluding carboxylic acids is 1. The van der Waals surface area contributed by atoms with E-state index in [0.29, 0.717) is 0 Å². The Bertz CT molecular complexity index is 137. The molecule has 0 aromatic carbocycles. The van der Waals surface area contributed by atoms with Crippen LogP contribution >= 0.6 is 11.6 Å². The van der Waals surface area contributed by atoms with Crippen LogP contribution in [-0.2, 0) is 9.53 Å². The maximum absolute atomic E-state index is 10.9. The summed E-state index contributed by atoms with van der Waals surface area (Å²) in [6.07, 6.45) is 6.66. The van der Waals surface area contributed by atoms with Crippen LogP contribution in [-0.4, -0.2) is 18.5 Å². The smallest absolute Gasteiger partial charge is 0.323 e. The highest BCUT2D eigenvalue weighted by molar-refractivity contribution is 6.29. The number of methoxy groups -OCH3 is 1. The molecule has 0 aliphatic carbocycles. The summed E-state index contributed by atoms with van der Waals surface area (Å²) in [6.45, 7) is 2.18. The molecule has 0 spiro atoms. The van der Waals surface area contributed by atoms with Gasteiger partial charge in [-0.1, -0.05) is 39.0 Å². The predicted octanol–water partition coefficient (Wildman–Crippen LogP) is 3.13. The van der Waals surface area contributed by atoms with Crippen LogP contribution in [0.1, 0.15) is 45.4 Å². The molecule has 0 heterocycles. The maximum Gasteiger partial charge on any atom is 0.323 e. The third-order valence-corrected chi connectivity index (χ3v) is 2.41. The third kappa shape index (κ3) is 6.88. The number of ether oxygens (including phenoxy) is 1. The van der Waals surface area contributed by atoms with E-state index < -0.39 is 5.38 Å². The molecule has 3 heteroatoms. The zero-order valence-corrected chi connectivity index (χ0v) is 9.27. The van der Waals surface area contributed by atoms with Crippen molar-refractivity contribution >= 4 is 17.6 Å². The fourth-order valence-corrected chi connectivity index (χ4v) is 1.42. The number of carbonyl (C=O) groups is 1. The molecule has 0 unspecified atom stereocenters. The van der Waals surface area contributed by atoms with Gasteiger partial charge in [0, 0.05) is 0 Å². The van der Waals surface area contributed by atoms with Crippen LogP contribution < -0.4 is 0 Å². The highest BCUT2D eigenvalue weighted by Gasteiger charge is 2.14. The number of halogens is 1. The summed E-state index contributed by atoms with van der Waals surface area (Å²) >= 11 is 5.77. The molecular formula is C10H19ClO2. The van der Waals surface area contributed by atoms with E-state index in [0.717, 1.165) is 19.3 Å². The van der Waals surface area contributed by atoms with Crippen molar-refractivity contribution in [1.82, 2.24) is 0 Å². The van der Waals surface area contributed by atoms with E-state index in [2.05, 4.69) is 11.7 Å². The Morgan fingerprint density at radius 2 is 1.92 bits per heavy atom. The van der Waals surface area contributed by atoms with Gasteiger partial charge in [0.25, 0.3) is 0 Å². The summed E-state index contributed by atoms with van der Waals surface area (Å²) in [5.74, 6) is -0.308. The first-order valence-corrected chi connectivity index (χ1v) is 5.38. The largest absolute Gasteiger partial charge is 0.468 e. The van der Waals surface area contributed by atoms with E-state index in [1.807, 2.05) is 0 Å². The van der Waals surface area contributed by atoms with Crippen molar-refractivity contribution < 1.29 is 9.53 Å². The standard InChI is InChI=1S/C10H19ClO2/c1-3-4-5-6-7-8-9(11)10(12)13-2/h9H,3-8H2,1-2H3/t9-/m0/s1. The summed E-state index contributed by atoms with van der Waals surface area (Å²) in [5.41, 5.74) is 0. The fourth-order valence-electron chi connectivity index (χ4n) is 1.17. The molecule has 0 radical (unpaired) electrons.